The lowest BCUT2D eigenvalue weighted by molar-refractivity contribution is 0.0597. The molecule has 1 aromatic heterocycles. The summed E-state index contributed by atoms with van der Waals surface area (Å²) >= 11 is 10.1. The van der Waals surface area contributed by atoms with Crippen LogP contribution >= 0.6 is 24.8 Å². The molecule has 0 amide bonds. The third-order valence-electron chi connectivity index (χ3n) is 7.46. The van der Waals surface area contributed by atoms with Crippen molar-refractivity contribution in [3.05, 3.63) is 34.5 Å². The molecule has 2 atom stereocenters. The van der Waals surface area contributed by atoms with Gasteiger partial charge in [0.25, 0.3) is 8.32 Å². The zero-order valence-corrected chi connectivity index (χ0v) is 26.1. The molecule has 37 heavy (non-hydrogen) atoms. The van der Waals surface area contributed by atoms with Gasteiger partial charge in [0.2, 0.25) is 5.89 Å². The zero-order valence-electron chi connectivity index (χ0n) is 23.4. The standard InChI is InChI=1S/C25H40N4O5S2Si/c1-13(2)25(5,6)37(9,10)34-18-12-17(31-7)14(3)20(23(30)32-8)21(18)19(35)11-16(28-24(26)36)22-27-15(4)29-33-22/h12-13,16,19,35H,11H2,1-10H3,(H3,26,28,36). The zero-order chi connectivity index (χ0) is 28.3. The number of ether oxygens (including phenoxy) is 2. The number of esters is 1. The Labute approximate surface area is 231 Å². The third-order valence-corrected chi connectivity index (χ3v) is 12.5. The number of hydrogen-bond donors (Lipinski definition) is 3. The van der Waals surface area contributed by atoms with E-state index in [0.717, 1.165) is 0 Å². The number of benzene rings is 1. The maximum Gasteiger partial charge on any atom is 0.338 e. The van der Waals surface area contributed by atoms with Crippen LogP contribution in [-0.2, 0) is 4.74 Å². The first-order chi connectivity index (χ1) is 17.1. The van der Waals surface area contributed by atoms with Crippen LogP contribution in [0.4, 0.5) is 0 Å². The summed E-state index contributed by atoms with van der Waals surface area (Å²) in [5.74, 6) is 1.71. The van der Waals surface area contributed by atoms with Crippen LogP contribution in [0.5, 0.6) is 11.5 Å². The van der Waals surface area contributed by atoms with Crippen molar-refractivity contribution >= 4 is 44.2 Å². The molecule has 0 aliphatic heterocycles. The van der Waals surface area contributed by atoms with Crippen molar-refractivity contribution in [2.75, 3.05) is 14.2 Å². The van der Waals surface area contributed by atoms with Crippen molar-refractivity contribution < 1.29 is 23.2 Å². The highest BCUT2D eigenvalue weighted by Gasteiger charge is 2.46. The lowest BCUT2D eigenvalue weighted by Gasteiger charge is -2.43. The summed E-state index contributed by atoms with van der Waals surface area (Å²) < 4.78 is 23.1. The Hall–Kier alpha value is -2.31. The van der Waals surface area contributed by atoms with Crippen molar-refractivity contribution in [1.82, 2.24) is 15.5 Å². The van der Waals surface area contributed by atoms with Gasteiger partial charge in [-0.25, -0.2) is 4.79 Å². The van der Waals surface area contributed by atoms with Gasteiger partial charge >= 0.3 is 5.97 Å². The number of thiol groups is 1. The summed E-state index contributed by atoms with van der Waals surface area (Å²) in [7, 11) is 0.508. The number of rotatable bonds is 11. The molecule has 2 unspecified atom stereocenters. The first-order valence-corrected chi connectivity index (χ1v) is 15.9. The van der Waals surface area contributed by atoms with Crippen LogP contribution in [0, 0.1) is 19.8 Å². The summed E-state index contributed by atoms with van der Waals surface area (Å²) in [5, 5.41) is 6.35. The van der Waals surface area contributed by atoms with Gasteiger partial charge in [-0.2, -0.15) is 17.6 Å². The number of carbonyl (C=O) groups excluding carboxylic acids is 1. The lowest BCUT2D eigenvalue weighted by Crippen LogP contribution is -2.48. The van der Waals surface area contributed by atoms with E-state index in [1.165, 1.54) is 7.11 Å². The van der Waals surface area contributed by atoms with Gasteiger partial charge < -0.3 is 29.5 Å². The van der Waals surface area contributed by atoms with Gasteiger partial charge in [0.05, 0.1) is 19.8 Å². The monoisotopic (exact) mass is 568 g/mol. The molecule has 12 heteroatoms. The van der Waals surface area contributed by atoms with Gasteiger partial charge in [-0.1, -0.05) is 32.9 Å². The second-order valence-electron chi connectivity index (χ2n) is 10.5. The van der Waals surface area contributed by atoms with Crippen LogP contribution in [0.2, 0.25) is 18.1 Å². The van der Waals surface area contributed by atoms with Gasteiger partial charge in [0.1, 0.15) is 17.5 Å². The molecule has 0 bridgehead atoms. The van der Waals surface area contributed by atoms with Crippen molar-refractivity contribution in [1.29, 1.82) is 0 Å². The van der Waals surface area contributed by atoms with E-state index in [-0.39, 0.29) is 10.2 Å². The highest BCUT2D eigenvalue weighted by atomic mass is 32.1. The summed E-state index contributed by atoms with van der Waals surface area (Å²) in [6, 6.07) is 1.29. The highest BCUT2D eigenvalue weighted by Crippen LogP contribution is 2.48. The summed E-state index contributed by atoms with van der Waals surface area (Å²) in [5.41, 5.74) is 7.37. The van der Waals surface area contributed by atoms with E-state index in [1.54, 1.807) is 14.0 Å². The van der Waals surface area contributed by atoms with Gasteiger partial charge in [-0.3, -0.25) is 0 Å². The molecule has 1 aromatic carbocycles. The second kappa shape index (κ2) is 12.0. The Morgan fingerprint density at radius 3 is 2.35 bits per heavy atom. The van der Waals surface area contributed by atoms with Crippen LogP contribution in [-0.4, -0.2) is 43.8 Å². The topological polar surface area (TPSA) is 122 Å². The molecule has 9 nitrogen and oxygen atoms in total. The van der Waals surface area contributed by atoms with E-state index < -0.39 is 25.6 Å². The number of nitrogens with one attached hydrogen (secondary N) is 1. The molecule has 0 saturated carbocycles. The SMILES string of the molecule is COC(=O)c1c(C)c(OC)cc(O[Si](C)(C)C(C)(C)C(C)C)c1C(S)CC(NC(N)=S)c1nc(C)no1. The van der Waals surface area contributed by atoms with Crippen LogP contribution in [0.1, 0.15) is 78.6 Å². The smallest absolute Gasteiger partial charge is 0.338 e. The van der Waals surface area contributed by atoms with E-state index in [1.807, 2.05) is 13.0 Å². The molecule has 0 spiro atoms. The van der Waals surface area contributed by atoms with E-state index >= 15 is 0 Å². The van der Waals surface area contributed by atoms with Crippen molar-refractivity contribution in [2.24, 2.45) is 11.7 Å². The fourth-order valence-corrected chi connectivity index (χ4v) is 7.02. The van der Waals surface area contributed by atoms with Crippen LogP contribution in [0.25, 0.3) is 0 Å². The maximum atomic E-state index is 13.1. The average molecular weight is 569 g/mol. The van der Waals surface area contributed by atoms with Gasteiger partial charge in [0.15, 0.2) is 10.9 Å². The predicted octanol–water partition coefficient (Wildman–Crippen LogP) is 5.44. The Morgan fingerprint density at radius 1 is 1.27 bits per heavy atom. The number of methoxy groups -OCH3 is 2. The van der Waals surface area contributed by atoms with Gasteiger partial charge in [-0.05, 0) is 56.5 Å². The molecule has 3 N–H and O–H groups in total. The Balaban J connectivity index is 2.73. The predicted molar refractivity (Wildman–Crippen MR) is 154 cm³/mol. The maximum absolute atomic E-state index is 13.1. The molecular weight excluding hydrogens is 529 g/mol. The molecule has 0 radical (unpaired) electrons. The Morgan fingerprint density at radius 2 is 1.89 bits per heavy atom. The quantitative estimate of drug-likeness (QED) is 0.140. The highest BCUT2D eigenvalue weighted by molar-refractivity contribution is 7.80. The van der Waals surface area contributed by atoms with Gasteiger partial charge in [-0.15, -0.1) is 0 Å². The van der Waals surface area contributed by atoms with Gasteiger partial charge in [0, 0.05) is 22.4 Å². The van der Waals surface area contributed by atoms with Crippen molar-refractivity contribution in [3.8, 4) is 11.5 Å². The van der Waals surface area contributed by atoms with Crippen LogP contribution < -0.4 is 20.2 Å². The number of thiocarbonyl (C=S) groups is 1. The van der Waals surface area contributed by atoms with E-state index in [4.69, 9.17) is 49.0 Å². The molecule has 0 aliphatic rings. The van der Waals surface area contributed by atoms with Crippen molar-refractivity contribution in [2.45, 2.75) is 77.4 Å². The molecule has 206 valence electrons. The average Bonchev–Trinajstić information content (AvgIpc) is 3.24. The fraction of sp³-hybridized carbons (Fsp3) is 0.600. The number of carbonyl (C=O) groups is 1. The number of hydrogen-bond acceptors (Lipinski definition) is 9. The minimum Gasteiger partial charge on any atom is -0.543 e. The number of aryl methyl sites for hydroxylation is 1. The molecule has 0 aliphatic carbocycles. The second-order valence-corrected chi connectivity index (χ2v) is 16.0. The minimum absolute atomic E-state index is 0.0733. The summed E-state index contributed by atoms with van der Waals surface area (Å²) in [6.07, 6.45) is 0.309. The fourth-order valence-electron chi connectivity index (χ4n) is 4.04. The van der Waals surface area contributed by atoms with Crippen LogP contribution in [0.3, 0.4) is 0 Å². The van der Waals surface area contributed by atoms with E-state index in [9.17, 15) is 4.79 Å². The van der Waals surface area contributed by atoms with Crippen molar-refractivity contribution in [3.63, 3.8) is 0 Å². The molecular formula is C25H40N4O5S2Si. The first kappa shape index (κ1) is 30.9. The summed E-state index contributed by atoms with van der Waals surface area (Å²) in [4.78, 5) is 17.5. The minimum atomic E-state index is -2.40. The molecule has 0 fully saturated rings. The first-order valence-electron chi connectivity index (χ1n) is 12.1. The number of aromatic nitrogens is 2. The number of nitrogens with two attached hydrogens (primary N) is 1. The number of nitrogens with zero attached hydrogens (tertiary/aromatic N) is 2. The van der Waals surface area contributed by atoms with Crippen LogP contribution in [0.15, 0.2) is 10.6 Å². The Bertz CT molecular complexity index is 1140. The molecule has 0 saturated heterocycles. The normalized spacial score (nSPS) is 13.7. The molecule has 2 rings (SSSR count). The third kappa shape index (κ3) is 6.77. The summed E-state index contributed by atoms with van der Waals surface area (Å²) in [6.45, 7) is 16.7. The lowest BCUT2D eigenvalue weighted by atomic mass is 9.94. The van der Waals surface area contributed by atoms with E-state index in [2.05, 4.69) is 56.2 Å². The largest absolute Gasteiger partial charge is 0.543 e. The molecule has 1 heterocycles. The molecule has 2 aromatic rings. The van der Waals surface area contributed by atoms with E-state index in [0.29, 0.717) is 52.2 Å². The Kier molecular flexibility index (Phi) is 10.1.